The second-order valence-corrected chi connectivity index (χ2v) is 38.8. The molecule has 0 bridgehead atoms. The molecule has 0 saturated heterocycles. The number of anilines is 11. The van der Waals surface area contributed by atoms with Gasteiger partial charge in [0.25, 0.3) is 0 Å². The van der Waals surface area contributed by atoms with Crippen molar-refractivity contribution in [2.75, 3.05) is 19.6 Å². The maximum atomic E-state index is 2.60. The number of allylic oxidation sites excluding steroid dienone is 4. The number of benzene rings is 22. The van der Waals surface area contributed by atoms with Crippen LogP contribution >= 0.6 is 0 Å². The summed E-state index contributed by atoms with van der Waals surface area (Å²) < 4.78 is 5.09. The van der Waals surface area contributed by atoms with Crippen molar-refractivity contribution in [2.45, 2.75) is 37.1 Å². The average molecular weight is 1840 g/mol. The Balaban J connectivity index is 0.717. The summed E-state index contributed by atoms with van der Waals surface area (Å²) in [5, 5.41) is 16.6. The van der Waals surface area contributed by atoms with Crippen LogP contribution < -0.4 is 19.6 Å². The monoisotopic (exact) mass is 1840 g/mol. The summed E-state index contributed by atoms with van der Waals surface area (Å²) in [4.78, 5) is 10.4. The van der Waals surface area contributed by atoms with Crippen molar-refractivity contribution < 1.29 is 0 Å². The Hall–Kier alpha value is -18.4. The fourth-order valence-corrected chi connectivity index (χ4v) is 24.1. The highest BCUT2D eigenvalue weighted by atomic mass is 15.2. The molecule has 0 saturated carbocycles. The lowest BCUT2D eigenvalue weighted by Gasteiger charge is -2.34. The lowest BCUT2D eigenvalue weighted by atomic mass is 9.84. The van der Waals surface area contributed by atoms with Gasteiger partial charge in [0, 0.05) is 95.5 Å². The van der Waals surface area contributed by atoms with Gasteiger partial charge in [0.1, 0.15) is 0 Å². The Morgan fingerprint density at radius 1 is 0.257 bits per heavy atom. The Labute approximate surface area is 837 Å². The smallest absolute Gasteiger partial charge is 0.0630 e. The van der Waals surface area contributed by atoms with Crippen LogP contribution in [0.15, 0.2) is 516 Å². The lowest BCUT2D eigenvalue weighted by molar-refractivity contribution is 0.747. The van der Waals surface area contributed by atoms with Crippen LogP contribution in [-0.4, -0.2) is 15.2 Å². The summed E-state index contributed by atoms with van der Waals surface area (Å²) in [7, 11) is 0. The van der Waals surface area contributed by atoms with Crippen molar-refractivity contribution in [1.82, 2.24) is 9.13 Å². The largest absolute Gasteiger partial charge is 0.333 e. The molecule has 0 fully saturated rings. The molecule has 0 N–H and O–H groups in total. The van der Waals surface area contributed by atoms with Crippen molar-refractivity contribution in [3.8, 4) is 44.8 Å². The topological polar surface area (TPSA) is 22.8 Å². The molecule has 3 heterocycles. The van der Waals surface area contributed by atoms with Gasteiger partial charge >= 0.3 is 0 Å². The molecule has 28 rings (SSSR count). The van der Waals surface area contributed by atoms with Crippen LogP contribution in [0.1, 0.15) is 63.0 Å². The van der Waals surface area contributed by atoms with Crippen molar-refractivity contribution in [3.63, 3.8) is 0 Å². The van der Waals surface area contributed by atoms with Crippen LogP contribution in [0.4, 0.5) is 62.6 Å². The zero-order chi connectivity index (χ0) is 94.8. The molecule has 2 aromatic heterocycles. The molecule has 22 aromatic carbocycles. The van der Waals surface area contributed by atoms with E-state index in [9.17, 15) is 0 Å². The van der Waals surface area contributed by atoms with Gasteiger partial charge in [0.2, 0.25) is 0 Å². The Bertz CT molecular complexity index is 9360. The summed E-state index contributed by atoms with van der Waals surface area (Å²) in [6.45, 7) is 0. The molecule has 0 spiro atoms. The molecule has 24 aromatic rings. The second-order valence-electron chi connectivity index (χ2n) is 38.8. The van der Waals surface area contributed by atoms with E-state index in [-0.39, 0.29) is 17.9 Å². The fourth-order valence-electron chi connectivity index (χ4n) is 24.1. The standard InChI is InChI=1S/C138H96N6/c1-4-28-91(29-5-1)94-58-67-106(68-59-94)142-133-76-64-103(118-52-22-40-97-34-10-16-46-115(97)118)82-124(133)127-88-109(73-79-136(127)142)139(130-55-25-43-100-37-13-19-49-121(100)130)112-85-113(140(131-56-26-44-101-38-14-20-50-122(101)131)110-74-80-137-128(89-110)125-83-104(119-53-23-41-98-35-11-17-47-116(98)119)65-77-134(125)143(137)107-69-60-95(61-70-107)92-30-6-2-7-31-92)87-114(86-112)141(132-57-27-45-102-39-15-21-51-123(102)132)111-75-81-138-129(90-111)126-84-105(120-54-24-42-99-36-12-18-48-117(99)120)66-78-135(126)144(138)108-71-62-96(63-72-108)93-32-8-3-9-33-93/h1-65,67-77,79-82,84-90,104,124,133H,66,78,83H2. The van der Waals surface area contributed by atoms with Crippen LogP contribution in [0.5, 0.6) is 0 Å². The first-order valence-electron chi connectivity index (χ1n) is 50.4. The van der Waals surface area contributed by atoms with Crippen LogP contribution in [0.3, 0.4) is 0 Å². The van der Waals surface area contributed by atoms with Gasteiger partial charge in [0.05, 0.1) is 51.2 Å². The molecular weight excluding hydrogens is 1740 g/mol. The number of nitrogens with zero attached hydrogens (tertiary/aromatic N) is 6. The summed E-state index contributed by atoms with van der Waals surface area (Å²) >= 11 is 0. The fraction of sp³-hybridized carbons (Fsp3) is 0.0435. The summed E-state index contributed by atoms with van der Waals surface area (Å²) in [6.07, 6.45) is 17.4. The Morgan fingerprint density at radius 2 is 0.653 bits per heavy atom. The van der Waals surface area contributed by atoms with E-state index in [4.69, 9.17) is 0 Å². The van der Waals surface area contributed by atoms with E-state index in [1.807, 2.05) is 0 Å². The molecule has 6 nitrogen and oxygen atoms in total. The zero-order valence-electron chi connectivity index (χ0n) is 79.3. The number of hydrogen-bond donors (Lipinski definition) is 0. The van der Waals surface area contributed by atoms with Gasteiger partial charge in [-0.15, -0.1) is 0 Å². The van der Waals surface area contributed by atoms with E-state index in [2.05, 4.69) is 557 Å². The first-order chi connectivity index (χ1) is 71.4. The molecule has 144 heavy (non-hydrogen) atoms. The van der Waals surface area contributed by atoms with E-state index >= 15 is 0 Å². The molecule has 4 aliphatic rings. The molecule has 0 amide bonds. The van der Waals surface area contributed by atoms with E-state index in [0.29, 0.717) is 0 Å². The van der Waals surface area contributed by atoms with Crippen molar-refractivity contribution in [2.24, 2.45) is 0 Å². The van der Waals surface area contributed by atoms with Crippen molar-refractivity contribution >= 4 is 172 Å². The van der Waals surface area contributed by atoms with Crippen molar-refractivity contribution in [1.29, 1.82) is 0 Å². The molecule has 1 aliphatic heterocycles. The van der Waals surface area contributed by atoms with E-state index < -0.39 is 0 Å². The minimum absolute atomic E-state index is 0.0542. The van der Waals surface area contributed by atoms with Gasteiger partial charge in [-0.05, 0) is 280 Å². The van der Waals surface area contributed by atoms with Gasteiger partial charge in [-0.2, -0.15) is 0 Å². The molecular formula is C138H96N6. The van der Waals surface area contributed by atoms with Gasteiger partial charge in [0.15, 0.2) is 0 Å². The third-order valence-corrected chi connectivity index (χ3v) is 30.8. The second kappa shape index (κ2) is 34.9. The zero-order valence-corrected chi connectivity index (χ0v) is 79.3. The van der Waals surface area contributed by atoms with Crippen LogP contribution in [0, 0.1) is 0 Å². The van der Waals surface area contributed by atoms with Gasteiger partial charge in [-0.1, -0.05) is 388 Å². The molecule has 3 aliphatic carbocycles. The maximum Gasteiger partial charge on any atom is 0.0630 e. The molecule has 0 radical (unpaired) electrons. The van der Waals surface area contributed by atoms with Crippen LogP contribution in [0.25, 0.3) is 154 Å². The highest BCUT2D eigenvalue weighted by Crippen LogP contribution is 2.57. The van der Waals surface area contributed by atoms with Crippen LogP contribution in [-0.2, 0) is 12.8 Å². The highest BCUT2D eigenvalue weighted by molar-refractivity contribution is 6.10. The van der Waals surface area contributed by atoms with Gasteiger partial charge in [-0.25, -0.2) is 0 Å². The predicted molar refractivity (Wildman–Crippen MR) is 609 cm³/mol. The van der Waals surface area contributed by atoms with Gasteiger partial charge < -0.3 is 28.7 Å². The van der Waals surface area contributed by atoms with E-state index in [1.54, 1.807) is 0 Å². The first kappa shape index (κ1) is 83.8. The summed E-state index contributed by atoms with van der Waals surface area (Å²) in [5.41, 5.74) is 35.6. The lowest BCUT2D eigenvalue weighted by Crippen LogP contribution is -2.28. The maximum absolute atomic E-state index is 2.60. The molecule has 678 valence electrons. The number of rotatable bonds is 18. The normalized spacial score (nSPS) is 14.7. The third kappa shape index (κ3) is 14.4. The Kier molecular flexibility index (Phi) is 20.3. The van der Waals surface area contributed by atoms with Crippen molar-refractivity contribution in [3.05, 3.63) is 560 Å². The number of aromatic nitrogens is 2. The highest BCUT2D eigenvalue weighted by Gasteiger charge is 2.41. The number of fused-ring (bicyclic) bond motifs is 15. The third-order valence-electron chi connectivity index (χ3n) is 30.8. The van der Waals surface area contributed by atoms with Crippen LogP contribution in [0.2, 0.25) is 0 Å². The predicted octanol–water partition coefficient (Wildman–Crippen LogP) is 37.0. The molecule has 6 heteroatoms. The molecule has 3 unspecified atom stereocenters. The average Bonchev–Trinajstić information content (AvgIpc) is 1.64. The first-order valence-corrected chi connectivity index (χ1v) is 50.4. The minimum atomic E-state index is -0.0724. The van der Waals surface area contributed by atoms with E-state index in [1.165, 1.54) is 138 Å². The SMILES string of the molecule is C1=CC2C(C=C1c1cccc3ccccc13)c1cc(N(c3cc(N(c4ccc5c(c4)c4c(n5-c5ccc(-c6ccccc6)cc5)C=CC(c5cccc6ccccc56)C4)c4cccc5ccccc45)cc(N(c4ccc5c(c4)c4c(n5-c5ccc(-c6ccccc6)cc5)CCC(c5cccc6ccccc56)=C4)c4cccc5ccccc45)c3)c3cccc4ccccc34)ccc1N2c1ccc(-c2ccccc2)cc1. The molecule has 3 atom stereocenters. The summed E-state index contributed by atoms with van der Waals surface area (Å²) in [6, 6.07) is 184. The Morgan fingerprint density at radius 3 is 1.17 bits per heavy atom. The number of hydrogen-bond acceptors (Lipinski definition) is 4. The van der Waals surface area contributed by atoms with E-state index in [0.717, 1.165) is 131 Å². The minimum Gasteiger partial charge on any atom is -0.333 e. The summed E-state index contributed by atoms with van der Waals surface area (Å²) in [5.74, 6) is 0.0191. The quantitative estimate of drug-likeness (QED) is 0.0854. The van der Waals surface area contributed by atoms with Gasteiger partial charge in [-0.3, -0.25) is 0 Å².